The van der Waals surface area contributed by atoms with Crippen LogP contribution in [0.15, 0.2) is 36.4 Å². The number of carbonyl (C=O) groups is 2. The number of ether oxygens (including phenoxy) is 2. The van der Waals surface area contributed by atoms with E-state index < -0.39 is 0 Å². The number of fused-ring (bicyclic) bond motifs is 1. The largest absolute Gasteiger partial charge is 0.379 e. The van der Waals surface area contributed by atoms with Crippen molar-refractivity contribution >= 4 is 34.8 Å². The van der Waals surface area contributed by atoms with Gasteiger partial charge in [0.1, 0.15) is 11.6 Å². The maximum Gasteiger partial charge on any atom is 0.133 e. The van der Waals surface area contributed by atoms with Crippen molar-refractivity contribution in [2.45, 2.75) is 58.0 Å². The van der Waals surface area contributed by atoms with Gasteiger partial charge in [-0.15, -0.1) is 0 Å². The molecule has 0 aliphatic carbocycles. The molecule has 0 saturated heterocycles. The Balaban J connectivity index is 1.30. The predicted octanol–water partition coefficient (Wildman–Crippen LogP) is 5.80. The van der Waals surface area contributed by atoms with Gasteiger partial charge >= 0.3 is 0 Å². The molecule has 1 N–H and O–H groups in total. The Bertz CT molecular complexity index is 1060. The van der Waals surface area contributed by atoms with Gasteiger partial charge in [-0.1, -0.05) is 47.5 Å². The summed E-state index contributed by atoms with van der Waals surface area (Å²) in [5.74, 6) is 0.567. The summed E-state index contributed by atoms with van der Waals surface area (Å²) in [6.45, 7) is 7.03. The molecule has 0 aromatic heterocycles. The molecule has 3 rings (SSSR count). The van der Waals surface area contributed by atoms with Gasteiger partial charge in [-0.3, -0.25) is 4.79 Å². The number of rotatable bonds is 17. The van der Waals surface area contributed by atoms with Crippen LogP contribution in [0.25, 0.3) is 0 Å². The highest BCUT2D eigenvalue weighted by molar-refractivity contribution is 6.35. The summed E-state index contributed by atoms with van der Waals surface area (Å²) >= 11 is 12.9. The van der Waals surface area contributed by atoms with Crippen molar-refractivity contribution < 1.29 is 19.1 Å². The lowest BCUT2D eigenvalue weighted by Gasteiger charge is -2.33. The number of carbonyl (C=O) groups excluding carboxylic acids is 2. The quantitative estimate of drug-likeness (QED) is 0.246. The standard InChI is InChI=1S/C30H40Cl2N2O4/c1-22(35)6-3-9-26(36)10-5-12-37-14-15-38-13-11-33-19-23-7-4-8-24(16-23)28-20-34(2)21-29-27(28)17-25(31)18-30(29)32/h4,7-8,16-18,28,33H,3,5-6,9-15,19-21H2,1-2H3/t28-/m0/s1. The summed E-state index contributed by atoms with van der Waals surface area (Å²) < 4.78 is 11.2. The normalized spacial score (nSPS) is 15.4. The number of halogens is 2. The summed E-state index contributed by atoms with van der Waals surface area (Å²) in [5.41, 5.74) is 4.87. The molecule has 6 nitrogen and oxygen atoms in total. The smallest absolute Gasteiger partial charge is 0.133 e. The molecular weight excluding hydrogens is 523 g/mol. The zero-order chi connectivity index (χ0) is 27.3. The van der Waals surface area contributed by atoms with Crippen LogP contribution in [0.1, 0.15) is 67.2 Å². The molecule has 8 heteroatoms. The molecular formula is C30H40Cl2N2O4. The number of benzene rings is 2. The monoisotopic (exact) mass is 562 g/mol. The molecule has 1 atom stereocenters. The minimum Gasteiger partial charge on any atom is -0.379 e. The average Bonchev–Trinajstić information content (AvgIpc) is 2.87. The van der Waals surface area contributed by atoms with E-state index in [-0.39, 0.29) is 17.5 Å². The molecule has 0 saturated carbocycles. The molecule has 0 spiro atoms. The van der Waals surface area contributed by atoms with Crippen molar-refractivity contribution in [3.8, 4) is 0 Å². The third-order valence-electron chi connectivity index (χ3n) is 6.70. The summed E-state index contributed by atoms with van der Waals surface area (Å²) in [6, 6.07) is 12.6. The lowest BCUT2D eigenvalue weighted by atomic mass is 9.84. The number of likely N-dealkylation sites (N-methyl/N-ethyl adjacent to an activating group) is 1. The topological polar surface area (TPSA) is 67.9 Å². The highest BCUT2D eigenvalue weighted by Crippen LogP contribution is 2.38. The SMILES string of the molecule is CC(=O)CCCC(=O)CCCOCCOCCNCc1cccc([C@@H]2CN(C)Cc3c(Cl)cc(Cl)cc32)c1. The maximum atomic E-state index is 11.7. The fourth-order valence-electron chi connectivity index (χ4n) is 4.78. The van der Waals surface area contributed by atoms with E-state index >= 15 is 0 Å². The first-order valence-corrected chi connectivity index (χ1v) is 14.2. The van der Waals surface area contributed by atoms with E-state index in [9.17, 15) is 9.59 Å². The lowest BCUT2D eigenvalue weighted by molar-refractivity contribution is -0.120. The highest BCUT2D eigenvalue weighted by atomic mass is 35.5. The third-order valence-corrected chi connectivity index (χ3v) is 7.25. The van der Waals surface area contributed by atoms with Crippen LogP contribution in [0.4, 0.5) is 0 Å². The van der Waals surface area contributed by atoms with Crippen molar-refractivity contribution in [2.75, 3.05) is 46.6 Å². The molecule has 2 aromatic rings. The fourth-order valence-corrected chi connectivity index (χ4v) is 5.35. The number of nitrogens with one attached hydrogen (secondary N) is 1. The maximum absolute atomic E-state index is 11.7. The van der Waals surface area contributed by atoms with Crippen LogP contribution in [-0.2, 0) is 32.2 Å². The third kappa shape index (κ3) is 10.4. The summed E-state index contributed by atoms with van der Waals surface area (Å²) in [4.78, 5) is 24.9. The number of hydrogen-bond acceptors (Lipinski definition) is 6. The van der Waals surface area contributed by atoms with Crippen LogP contribution in [0, 0.1) is 0 Å². The summed E-state index contributed by atoms with van der Waals surface area (Å²) in [5, 5.41) is 4.86. The van der Waals surface area contributed by atoms with Gasteiger partial charge in [0.15, 0.2) is 0 Å². The van der Waals surface area contributed by atoms with Crippen molar-refractivity contribution in [3.63, 3.8) is 0 Å². The van der Waals surface area contributed by atoms with Crippen molar-refractivity contribution in [1.29, 1.82) is 0 Å². The van der Waals surface area contributed by atoms with Crippen LogP contribution in [0.3, 0.4) is 0 Å². The van der Waals surface area contributed by atoms with E-state index in [2.05, 4.69) is 47.6 Å². The van der Waals surface area contributed by atoms with Crippen molar-refractivity contribution in [3.05, 3.63) is 68.7 Å². The Kier molecular flexibility index (Phi) is 13.2. The predicted molar refractivity (Wildman–Crippen MR) is 153 cm³/mol. The van der Waals surface area contributed by atoms with E-state index in [4.69, 9.17) is 32.7 Å². The molecule has 0 unspecified atom stereocenters. The van der Waals surface area contributed by atoms with Gasteiger partial charge in [0, 0.05) is 68.0 Å². The van der Waals surface area contributed by atoms with Gasteiger partial charge in [0.25, 0.3) is 0 Å². The van der Waals surface area contributed by atoms with Gasteiger partial charge < -0.3 is 24.5 Å². The zero-order valence-electron chi connectivity index (χ0n) is 22.6. The minimum absolute atomic E-state index is 0.136. The molecule has 208 valence electrons. The van der Waals surface area contributed by atoms with Gasteiger partial charge in [0.2, 0.25) is 0 Å². The minimum atomic E-state index is 0.136. The Morgan fingerprint density at radius 1 is 1.00 bits per heavy atom. The molecule has 1 aliphatic heterocycles. The first-order chi connectivity index (χ1) is 18.3. The Morgan fingerprint density at radius 2 is 1.76 bits per heavy atom. The first-order valence-electron chi connectivity index (χ1n) is 13.5. The number of hydrogen-bond donors (Lipinski definition) is 1. The number of ketones is 2. The van der Waals surface area contributed by atoms with Crippen LogP contribution in [0.2, 0.25) is 10.0 Å². The summed E-state index contributed by atoms with van der Waals surface area (Å²) in [7, 11) is 2.12. The molecule has 1 aliphatic rings. The molecule has 1 heterocycles. The van der Waals surface area contributed by atoms with Crippen LogP contribution >= 0.6 is 23.2 Å². The average molecular weight is 564 g/mol. The lowest BCUT2D eigenvalue weighted by Crippen LogP contribution is -2.31. The van der Waals surface area contributed by atoms with Gasteiger partial charge in [-0.2, -0.15) is 0 Å². The second kappa shape index (κ2) is 16.3. The molecule has 2 aromatic carbocycles. The Labute approximate surface area is 237 Å². The molecule has 0 radical (unpaired) electrons. The second-order valence-electron chi connectivity index (χ2n) is 10.0. The van der Waals surface area contributed by atoms with Crippen LogP contribution in [0.5, 0.6) is 0 Å². The van der Waals surface area contributed by atoms with E-state index in [1.807, 2.05) is 6.07 Å². The van der Waals surface area contributed by atoms with Gasteiger partial charge in [-0.25, -0.2) is 0 Å². The number of nitrogens with zero attached hydrogens (tertiary/aromatic N) is 1. The van der Waals surface area contributed by atoms with E-state index in [0.717, 1.165) is 36.8 Å². The second-order valence-corrected chi connectivity index (χ2v) is 10.9. The highest BCUT2D eigenvalue weighted by Gasteiger charge is 2.27. The van der Waals surface area contributed by atoms with Crippen molar-refractivity contribution in [1.82, 2.24) is 10.2 Å². The first kappa shape index (κ1) is 30.7. The Hall–Kier alpha value is -1.80. The Morgan fingerprint density at radius 3 is 2.55 bits per heavy atom. The van der Waals surface area contributed by atoms with Gasteiger partial charge in [-0.05, 0) is 61.2 Å². The fraction of sp³-hybridized carbons (Fsp3) is 0.533. The van der Waals surface area contributed by atoms with E-state index in [1.54, 1.807) is 6.92 Å². The van der Waals surface area contributed by atoms with Crippen molar-refractivity contribution in [2.24, 2.45) is 0 Å². The molecule has 0 amide bonds. The van der Waals surface area contributed by atoms with E-state index in [0.29, 0.717) is 63.6 Å². The van der Waals surface area contributed by atoms with E-state index in [1.165, 1.54) is 16.7 Å². The summed E-state index contributed by atoms with van der Waals surface area (Å²) in [6.07, 6.45) is 2.84. The molecule has 0 bridgehead atoms. The molecule has 38 heavy (non-hydrogen) atoms. The van der Waals surface area contributed by atoms with Crippen LogP contribution < -0.4 is 5.32 Å². The van der Waals surface area contributed by atoms with Gasteiger partial charge in [0.05, 0.1) is 19.8 Å². The molecule has 0 fully saturated rings. The number of Topliss-reactive ketones (excluding diaryl/α,β-unsaturated/α-hetero) is 2. The zero-order valence-corrected chi connectivity index (χ0v) is 24.1. The van der Waals surface area contributed by atoms with Crippen LogP contribution in [-0.4, -0.2) is 63.0 Å².